The second-order valence-corrected chi connectivity index (χ2v) is 8.12. The molecule has 1 aliphatic heterocycles. The molecule has 166 valence electrons. The van der Waals surface area contributed by atoms with Crippen LogP contribution >= 0.6 is 0 Å². The Morgan fingerprint density at radius 2 is 1.88 bits per heavy atom. The molecule has 1 fully saturated rings. The van der Waals surface area contributed by atoms with Crippen molar-refractivity contribution >= 4 is 17.7 Å². The van der Waals surface area contributed by atoms with Gasteiger partial charge in [0.25, 0.3) is 0 Å². The highest BCUT2D eigenvalue weighted by Gasteiger charge is 2.16. The first kappa shape index (κ1) is 21.8. The van der Waals surface area contributed by atoms with Crippen LogP contribution in [0.2, 0.25) is 0 Å². The Bertz CT molecular complexity index is 1040. The van der Waals surface area contributed by atoms with Crippen LogP contribution in [0.4, 0.5) is 5.69 Å². The summed E-state index contributed by atoms with van der Waals surface area (Å²) < 4.78 is 1.77. The molecule has 1 N–H and O–H groups in total. The first-order chi connectivity index (χ1) is 15.7. The number of hydrogen-bond donors (Lipinski definition) is 1. The minimum Gasteiger partial charge on any atom is -0.369 e. The van der Waals surface area contributed by atoms with Gasteiger partial charge in [0.2, 0.25) is 5.91 Å². The molecule has 1 saturated heterocycles. The molecule has 0 saturated carbocycles. The van der Waals surface area contributed by atoms with Crippen molar-refractivity contribution < 1.29 is 4.79 Å². The zero-order valence-corrected chi connectivity index (χ0v) is 18.5. The molecule has 0 radical (unpaired) electrons. The van der Waals surface area contributed by atoms with Gasteiger partial charge in [-0.3, -0.25) is 9.69 Å². The van der Waals surface area contributed by atoms with Crippen LogP contribution in [0.1, 0.15) is 16.8 Å². The number of anilines is 1. The number of nitrogens with zero attached hydrogens (tertiary/aromatic N) is 5. The Balaban J connectivity index is 1.15. The smallest absolute Gasteiger partial charge is 0.244 e. The third-order valence-corrected chi connectivity index (χ3v) is 5.62. The molecule has 1 aromatic heterocycles. The number of aryl methyl sites for hydroxylation is 1. The molecular formula is C25H30N6O. The van der Waals surface area contributed by atoms with Crippen molar-refractivity contribution in [2.24, 2.45) is 0 Å². The molecule has 7 nitrogen and oxygen atoms in total. The predicted molar refractivity (Wildman–Crippen MR) is 127 cm³/mol. The fourth-order valence-electron chi connectivity index (χ4n) is 3.85. The Labute approximate surface area is 189 Å². The fourth-order valence-corrected chi connectivity index (χ4v) is 3.85. The van der Waals surface area contributed by atoms with Gasteiger partial charge in [0.1, 0.15) is 5.69 Å². The van der Waals surface area contributed by atoms with Crippen molar-refractivity contribution in [2.75, 3.05) is 44.2 Å². The van der Waals surface area contributed by atoms with Crippen LogP contribution in [0.25, 0.3) is 6.08 Å². The Hall–Kier alpha value is -3.45. The number of carbonyl (C=O) groups excluding carboxylic acids is 1. The molecule has 32 heavy (non-hydrogen) atoms. The van der Waals surface area contributed by atoms with E-state index in [9.17, 15) is 4.79 Å². The summed E-state index contributed by atoms with van der Waals surface area (Å²) in [5, 5.41) is 11.2. The predicted octanol–water partition coefficient (Wildman–Crippen LogP) is 2.59. The van der Waals surface area contributed by atoms with Gasteiger partial charge in [0.15, 0.2) is 0 Å². The van der Waals surface area contributed by atoms with Gasteiger partial charge in [-0.25, -0.2) is 4.68 Å². The van der Waals surface area contributed by atoms with Crippen LogP contribution in [0.5, 0.6) is 0 Å². The van der Waals surface area contributed by atoms with Gasteiger partial charge in [-0.2, -0.15) is 0 Å². The summed E-state index contributed by atoms with van der Waals surface area (Å²) in [7, 11) is 0. The zero-order chi connectivity index (χ0) is 22.2. The minimum atomic E-state index is -0.110. The summed E-state index contributed by atoms with van der Waals surface area (Å²) >= 11 is 0. The van der Waals surface area contributed by atoms with Crippen molar-refractivity contribution in [1.29, 1.82) is 0 Å². The molecule has 2 heterocycles. The van der Waals surface area contributed by atoms with Crippen molar-refractivity contribution in [3.05, 3.63) is 83.7 Å². The maximum absolute atomic E-state index is 12.1. The van der Waals surface area contributed by atoms with E-state index in [1.165, 1.54) is 17.3 Å². The summed E-state index contributed by atoms with van der Waals surface area (Å²) in [4.78, 5) is 17.0. The molecule has 4 rings (SSSR count). The SMILES string of the molecule is Cc1cccc(N2CCN(CCNC(=O)/C=C/c3cn(Cc4ccccc4)nn3)CC2)c1. The summed E-state index contributed by atoms with van der Waals surface area (Å²) in [6.45, 7) is 8.30. The van der Waals surface area contributed by atoms with Gasteiger partial charge in [-0.05, 0) is 36.3 Å². The lowest BCUT2D eigenvalue weighted by Gasteiger charge is -2.36. The summed E-state index contributed by atoms with van der Waals surface area (Å²) in [6, 6.07) is 18.7. The quantitative estimate of drug-likeness (QED) is 0.557. The first-order valence-corrected chi connectivity index (χ1v) is 11.1. The van der Waals surface area contributed by atoms with E-state index in [2.05, 4.69) is 56.6 Å². The van der Waals surface area contributed by atoms with E-state index in [-0.39, 0.29) is 5.91 Å². The van der Waals surface area contributed by atoms with Crippen LogP contribution in [0, 0.1) is 6.92 Å². The number of benzene rings is 2. The number of nitrogens with one attached hydrogen (secondary N) is 1. The molecule has 0 atom stereocenters. The van der Waals surface area contributed by atoms with Crippen LogP contribution in [0.3, 0.4) is 0 Å². The Morgan fingerprint density at radius 3 is 2.66 bits per heavy atom. The fraction of sp³-hybridized carbons (Fsp3) is 0.320. The van der Waals surface area contributed by atoms with Crippen molar-refractivity contribution in [2.45, 2.75) is 13.5 Å². The summed E-state index contributed by atoms with van der Waals surface area (Å²) in [6.07, 6.45) is 5.06. The Morgan fingerprint density at radius 1 is 1.06 bits per heavy atom. The van der Waals surface area contributed by atoms with E-state index in [0.717, 1.165) is 38.3 Å². The van der Waals surface area contributed by atoms with Crippen molar-refractivity contribution in [1.82, 2.24) is 25.2 Å². The molecule has 1 amide bonds. The normalized spacial score (nSPS) is 14.7. The van der Waals surface area contributed by atoms with Crippen LogP contribution in [-0.4, -0.2) is 65.1 Å². The van der Waals surface area contributed by atoms with E-state index in [4.69, 9.17) is 0 Å². The summed E-state index contributed by atoms with van der Waals surface area (Å²) in [5.74, 6) is -0.110. The first-order valence-electron chi connectivity index (χ1n) is 11.1. The van der Waals surface area contributed by atoms with Gasteiger partial charge in [-0.15, -0.1) is 5.10 Å². The zero-order valence-electron chi connectivity index (χ0n) is 18.5. The monoisotopic (exact) mass is 430 g/mol. The van der Waals surface area contributed by atoms with Crippen molar-refractivity contribution in [3.8, 4) is 0 Å². The number of carbonyl (C=O) groups is 1. The molecular weight excluding hydrogens is 400 g/mol. The van der Waals surface area contributed by atoms with Crippen LogP contribution in [0.15, 0.2) is 66.9 Å². The van der Waals surface area contributed by atoms with E-state index < -0.39 is 0 Å². The second-order valence-electron chi connectivity index (χ2n) is 8.12. The van der Waals surface area contributed by atoms with E-state index in [1.54, 1.807) is 10.8 Å². The average Bonchev–Trinajstić information content (AvgIpc) is 3.26. The maximum Gasteiger partial charge on any atom is 0.244 e. The number of hydrogen-bond acceptors (Lipinski definition) is 5. The number of amides is 1. The molecule has 7 heteroatoms. The van der Waals surface area contributed by atoms with Gasteiger partial charge < -0.3 is 10.2 Å². The lowest BCUT2D eigenvalue weighted by Crippen LogP contribution is -2.48. The molecule has 0 unspecified atom stereocenters. The lowest BCUT2D eigenvalue weighted by molar-refractivity contribution is -0.116. The topological polar surface area (TPSA) is 66.3 Å². The second kappa shape index (κ2) is 10.7. The van der Waals surface area contributed by atoms with Crippen LogP contribution < -0.4 is 10.2 Å². The molecule has 2 aromatic carbocycles. The van der Waals surface area contributed by atoms with Gasteiger partial charge in [-0.1, -0.05) is 47.7 Å². The largest absolute Gasteiger partial charge is 0.369 e. The van der Waals surface area contributed by atoms with Gasteiger partial charge in [0.05, 0.1) is 12.7 Å². The third kappa shape index (κ3) is 6.28. The number of aromatic nitrogens is 3. The minimum absolute atomic E-state index is 0.110. The highest BCUT2D eigenvalue weighted by molar-refractivity contribution is 5.91. The molecule has 0 spiro atoms. The Kier molecular flexibility index (Phi) is 7.30. The van der Waals surface area contributed by atoms with Gasteiger partial charge in [0, 0.05) is 51.0 Å². The maximum atomic E-state index is 12.1. The van der Waals surface area contributed by atoms with E-state index in [1.807, 2.05) is 36.5 Å². The molecule has 0 aliphatic carbocycles. The third-order valence-electron chi connectivity index (χ3n) is 5.62. The number of piperazine rings is 1. The van der Waals surface area contributed by atoms with E-state index >= 15 is 0 Å². The molecule has 1 aliphatic rings. The molecule has 3 aromatic rings. The standard InChI is InChI=1S/C25H30N6O/c1-21-6-5-9-24(18-21)30-16-14-29(15-17-30)13-12-26-25(32)11-10-23-20-31(28-27-23)19-22-7-3-2-4-8-22/h2-11,18,20H,12-17,19H2,1H3,(H,26,32)/b11-10+. The van der Waals surface area contributed by atoms with Gasteiger partial charge >= 0.3 is 0 Å². The van der Waals surface area contributed by atoms with Crippen LogP contribution in [-0.2, 0) is 11.3 Å². The number of rotatable bonds is 8. The van der Waals surface area contributed by atoms with Crippen molar-refractivity contribution in [3.63, 3.8) is 0 Å². The highest BCUT2D eigenvalue weighted by atomic mass is 16.1. The summed E-state index contributed by atoms with van der Waals surface area (Å²) in [5.41, 5.74) is 4.41. The average molecular weight is 431 g/mol. The van der Waals surface area contributed by atoms with E-state index in [0.29, 0.717) is 18.8 Å². The molecule has 0 bridgehead atoms. The highest BCUT2D eigenvalue weighted by Crippen LogP contribution is 2.17. The lowest BCUT2D eigenvalue weighted by atomic mass is 10.2.